The van der Waals surface area contributed by atoms with Crippen molar-refractivity contribution in [3.63, 3.8) is 0 Å². The number of anilines is 1. The average molecular weight is 476 g/mol. The van der Waals surface area contributed by atoms with Gasteiger partial charge >= 0.3 is 0 Å². The Morgan fingerprint density at radius 2 is 1.72 bits per heavy atom. The Kier molecular flexibility index (Phi) is 10.1. The summed E-state index contributed by atoms with van der Waals surface area (Å²) in [4.78, 5) is 13.8. The van der Waals surface area contributed by atoms with Gasteiger partial charge in [-0.15, -0.1) is 35.2 Å². The van der Waals surface area contributed by atoms with E-state index in [0.717, 1.165) is 16.5 Å². The van der Waals surface area contributed by atoms with Crippen LogP contribution in [0.5, 0.6) is 0 Å². The second-order valence-electron chi connectivity index (χ2n) is 3.02. The quantitative estimate of drug-likeness (QED) is 0.574. The van der Waals surface area contributed by atoms with E-state index in [-0.39, 0.29) is 25.5 Å². The summed E-state index contributed by atoms with van der Waals surface area (Å²) in [5.74, 6) is 0. The minimum atomic E-state index is -0.246. The third-order valence-corrected chi connectivity index (χ3v) is 1.93. The van der Waals surface area contributed by atoms with Gasteiger partial charge in [0.1, 0.15) is 0 Å². The summed E-state index contributed by atoms with van der Waals surface area (Å²) in [7, 11) is 0. The third kappa shape index (κ3) is 4.86. The maximum Gasteiger partial charge on any atom is 0.253 e. The van der Waals surface area contributed by atoms with E-state index < -0.39 is 0 Å². The van der Waals surface area contributed by atoms with Crippen molar-refractivity contribution in [3.05, 3.63) is 40.2 Å². The fraction of sp³-hybridized carbons (Fsp3) is 0.357. The topological polar surface area (TPSA) is 58.9 Å². The van der Waals surface area contributed by atoms with Crippen molar-refractivity contribution in [1.82, 2.24) is 4.98 Å². The smallest absolute Gasteiger partial charge is 0.253 e. The van der Waals surface area contributed by atoms with Crippen molar-refractivity contribution in [2.75, 3.05) is 5.73 Å². The number of pyridine rings is 1. The van der Waals surface area contributed by atoms with E-state index in [9.17, 15) is 4.79 Å². The van der Waals surface area contributed by atoms with Gasteiger partial charge in [0, 0.05) is 14.3 Å². The number of hydrogen-bond acceptors (Lipinski definition) is 2. The Balaban J connectivity index is 0. The van der Waals surface area contributed by atoms with Crippen LogP contribution in [0.4, 0.5) is 5.69 Å². The van der Waals surface area contributed by atoms with Crippen LogP contribution in [0.2, 0.25) is 0 Å². The van der Waals surface area contributed by atoms with Crippen LogP contribution >= 0.6 is 0 Å². The SMILES string of the molecule is CC.CC.Cc1[c-]c2cc(N)c(=O)[nH]c2cc1.[Am]. The fourth-order valence-electron chi connectivity index (χ4n) is 1.26. The molecule has 3 nitrogen and oxygen atoms in total. The first kappa shape index (κ1) is 19.0. The molecule has 0 unspecified atom stereocenters. The first-order chi connectivity index (χ1) is 8.16. The second kappa shape index (κ2) is 9.63. The molecule has 101 valence electrons. The fourth-order valence-corrected chi connectivity index (χ4v) is 1.26. The molecule has 0 saturated carbocycles. The Morgan fingerprint density at radius 3 is 2.28 bits per heavy atom. The predicted molar refractivity (Wildman–Crippen MR) is 75.3 cm³/mol. The Bertz CT molecular complexity index is 521. The second-order valence-corrected chi connectivity index (χ2v) is 3.02. The molecular weight excluding hydrogens is 455 g/mol. The van der Waals surface area contributed by atoms with Crippen LogP contribution < -0.4 is 11.3 Å². The summed E-state index contributed by atoms with van der Waals surface area (Å²) in [6.07, 6.45) is 0. The van der Waals surface area contributed by atoms with Crippen molar-refractivity contribution >= 4 is 16.6 Å². The monoisotopic (exact) mass is 474 g/mol. The predicted octanol–water partition coefficient (Wildman–Crippen LogP) is 3.27. The average Bonchev–Trinajstić information content (AvgIpc) is 2.36. The van der Waals surface area contributed by atoms with Gasteiger partial charge in [-0.3, -0.25) is 4.79 Å². The number of fused-ring (bicyclic) bond motifs is 1. The number of nitrogens with one attached hydrogen (secondary N) is 1. The number of nitrogens with two attached hydrogens (primary N) is 1. The number of hydrogen-bond donors (Lipinski definition) is 2. The van der Waals surface area contributed by atoms with E-state index in [2.05, 4.69) is 11.1 Å². The molecule has 0 atom stereocenters. The standard InChI is InChI=1S/C10H9N2O.2C2H6.Am/c1-6-2-3-9-7(4-6)5-8(11)10(13)12-9;2*1-2;/h2-3,5H,11H2,1H3,(H,12,13);2*1-2H3;/q-1;;;. The summed E-state index contributed by atoms with van der Waals surface area (Å²) in [6, 6.07) is 8.49. The van der Waals surface area contributed by atoms with Gasteiger partial charge in [-0.1, -0.05) is 34.6 Å². The van der Waals surface area contributed by atoms with Crippen molar-refractivity contribution < 1.29 is 14.3 Å². The summed E-state index contributed by atoms with van der Waals surface area (Å²) in [6.45, 7) is 9.95. The molecule has 3 N–H and O–H groups in total. The van der Waals surface area contributed by atoms with Crippen molar-refractivity contribution in [2.24, 2.45) is 0 Å². The molecule has 0 aliphatic carbocycles. The molecule has 0 fully saturated rings. The maximum atomic E-state index is 11.1. The normalized spacial score (nSPS) is 8.28. The number of aryl methyl sites for hydroxylation is 1. The van der Waals surface area contributed by atoms with E-state index in [1.165, 1.54) is 0 Å². The van der Waals surface area contributed by atoms with Gasteiger partial charge in [-0.05, 0) is 5.52 Å². The summed E-state index contributed by atoms with van der Waals surface area (Å²) < 4.78 is 0. The van der Waals surface area contributed by atoms with Gasteiger partial charge in [0.15, 0.2) is 0 Å². The molecular formula is C14H21AmN2O-. The Morgan fingerprint density at radius 1 is 1.17 bits per heavy atom. The number of rotatable bonds is 0. The van der Waals surface area contributed by atoms with Crippen LogP contribution in [-0.2, 0) is 0 Å². The summed E-state index contributed by atoms with van der Waals surface area (Å²) >= 11 is 0. The zero-order chi connectivity index (χ0) is 13.4. The van der Waals surface area contributed by atoms with Crippen LogP contribution in [0.3, 0.4) is 0 Å². The number of aromatic nitrogens is 1. The van der Waals surface area contributed by atoms with Crippen LogP contribution in [0.1, 0.15) is 33.3 Å². The molecule has 0 amide bonds. The number of benzene rings is 1. The van der Waals surface area contributed by atoms with Crippen LogP contribution in [0.25, 0.3) is 10.9 Å². The van der Waals surface area contributed by atoms with E-state index in [4.69, 9.17) is 5.73 Å². The van der Waals surface area contributed by atoms with Crippen LogP contribution in [-0.4, -0.2) is 4.98 Å². The largest absolute Gasteiger partial charge is 0.402 e. The molecule has 0 bridgehead atoms. The van der Waals surface area contributed by atoms with Crippen LogP contribution in [0.15, 0.2) is 23.0 Å². The van der Waals surface area contributed by atoms with E-state index in [1.807, 2.05) is 46.8 Å². The van der Waals surface area contributed by atoms with Gasteiger partial charge in [0.2, 0.25) is 0 Å². The molecule has 0 saturated heterocycles. The Hall–Kier alpha value is -1.38. The minimum absolute atomic E-state index is 0. The summed E-state index contributed by atoms with van der Waals surface area (Å²) in [5.41, 5.74) is 7.25. The molecule has 2 aromatic rings. The van der Waals surface area contributed by atoms with Crippen molar-refractivity contribution in [1.29, 1.82) is 0 Å². The van der Waals surface area contributed by atoms with Gasteiger partial charge in [-0.2, -0.15) is 0 Å². The van der Waals surface area contributed by atoms with Crippen molar-refractivity contribution in [3.8, 4) is 0 Å². The number of H-pyrrole nitrogens is 1. The molecule has 2 rings (SSSR count). The van der Waals surface area contributed by atoms with Gasteiger partial charge in [0.25, 0.3) is 5.56 Å². The molecule has 0 aliphatic rings. The minimum Gasteiger partial charge on any atom is -0.402 e. The Labute approximate surface area is 117 Å². The molecule has 18 heavy (non-hydrogen) atoms. The number of nitrogen functional groups attached to an aromatic ring is 1. The molecule has 1 aromatic carbocycles. The number of aromatic amines is 1. The van der Waals surface area contributed by atoms with Crippen LogP contribution in [0, 0.1) is 27.3 Å². The molecule has 1 aromatic heterocycles. The first-order valence-corrected chi connectivity index (χ1v) is 5.98. The van der Waals surface area contributed by atoms with Gasteiger partial charge in [-0.25, -0.2) is 0 Å². The molecule has 4 heteroatoms. The van der Waals surface area contributed by atoms with E-state index in [1.54, 1.807) is 6.07 Å². The zero-order valence-corrected chi connectivity index (χ0v) is 14.7. The molecule has 0 spiro atoms. The first-order valence-electron chi connectivity index (χ1n) is 5.98. The zero-order valence-electron chi connectivity index (χ0n) is 11.6. The molecule has 1 heterocycles. The van der Waals surface area contributed by atoms with Crippen molar-refractivity contribution in [2.45, 2.75) is 34.6 Å². The molecule has 0 aliphatic heterocycles. The summed E-state index contributed by atoms with van der Waals surface area (Å²) in [5, 5.41) is 0.845. The maximum absolute atomic E-state index is 11.1. The van der Waals surface area contributed by atoms with E-state index in [0.29, 0.717) is 0 Å². The van der Waals surface area contributed by atoms with Gasteiger partial charge < -0.3 is 10.7 Å². The van der Waals surface area contributed by atoms with E-state index >= 15 is 0 Å². The van der Waals surface area contributed by atoms with Gasteiger partial charge in [0.05, 0.1) is 5.69 Å². The third-order valence-electron chi connectivity index (χ3n) is 1.93. The molecule has 1 radical (unpaired) electrons.